The number of nitrogens with two attached hydrogens (primary N) is 1. The minimum absolute atomic E-state index is 0.166. The van der Waals surface area contributed by atoms with Gasteiger partial charge in [0.2, 0.25) is 0 Å². The van der Waals surface area contributed by atoms with Crippen LogP contribution in [-0.2, 0) is 0 Å². The van der Waals surface area contributed by atoms with E-state index in [-0.39, 0.29) is 25.5 Å². The molecule has 0 radical (unpaired) electrons. The average Bonchev–Trinajstić information content (AvgIpc) is 2.94. The quantitative estimate of drug-likeness (QED) is 0.583. The molecule has 0 aliphatic carbocycles. The number of thiophene rings is 1. The predicted octanol–water partition coefficient (Wildman–Crippen LogP) is -0.764. The summed E-state index contributed by atoms with van der Waals surface area (Å²) in [6, 6.07) is 1.70. The molecule has 6 heteroatoms. The maximum atomic E-state index is 12.1. The molecule has 1 aromatic heterocycles. The number of aliphatic hydroxyl groups excluding tert-OH is 2. The molecule has 5 nitrogen and oxygen atoms in total. The Bertz CT molecular complexity index is 493. The molecule has 1 aliphatic rings. The molecule has 1 aliphatic heterocycles. The minimum atomic E-state index is -0.857. The summed E-state index contributed by atoms with van der Waals surface area (Å²) in [5, 5.41) is 20.5. The molecule has 2 rings (SSSR count). The summed E-state index contributed by atoms with van der Waals surface area (Å²) >= 11 is 1.38. The third-order valence-electron chi connectivity index (χ3n) is 2.71. The van der Waals surface area contributed by atoms with Crippen molar-refractivity contribution in [1.29, 1.82) is 0 Å². The van der Waals surface area contributed by atoms with Gasteiger partial charge >= 0.3 is 0 Å². The van der Waals surface area contributed by atoms with Gasteiger partial charge in [0.05, 0.1) is 29.2 Å². The third kappa shape index (κ3) is 2.71. The summed E-state index contributed by atoms with van der Waals surface area (Å²) in [5.74, 6) is 5.39. The van der Waals surface area contributed by atoms with Gasteiger partial charge in [0.15, 0.2) is 0 Å². The van der Waals surface area contributed by atoms with Crippen LogP contribution in [0.25, 0.3) is 0 Å². The van der Waals surface area contributed by atoms with Gasteiger partial charge in [0.25, 0.3) is 5.91 Å². The molecule has 2 atom stereocenters. The van der Waals surface area contributed by atoms with E-state index in [9.17, 15) is 15.0 Å². The Morgan fingerprint density at radius 1 is 1.50 bits per heavy atom. The van der Waals surface area contributed by atoms with Gasteiger partial charge in [-0.1, -0.05) is 11.8 Å². The highest BCUT2D eigenvalue weighted by molar-refractivity contribution is 7.10. The highest BCUT2D eigenvalue weighted by Crippen LogP contribution is 2.18. The first-order valence-corrected chi connectivity index (χ1v) is 6.42. The fourth-order valence-corrected chi connectivity index (χ4v) is 2.52. The van der Waals surface area contributed by atoms with Gasteiger partial charge in [0, 0.05) is 18.5 Å². The van der Waals surface area contributed by atoms with Crippen LogP contribution in [-0.4, -0.2) is 52.9 Å². The summed E-state index contributed by atoms with van der Waals surface area (Å²) in [7, 11) is 0. The van der Waals surface area contributed by atoms with Gasteiger partial charge in [-0.2, -0.15) is 0 Å². The van der Waals surface area contributed by atoms with Crippen LogP contribution in [0.3, 0.4) is 0 Å². The van der Waals surface area contributed by atoms with E-state index < -0.39 is 12.2 Å². The summed E-state index contributed by atoms with van der Waals surface area (Å²) in [4.78, 5) is 14.3. The van der Waals surface area contributed by atoms with Crippen LogP contribution in [0, 0.1) is 11.8 Å². The van der Waals surface area contributed by atoms with E-state index in [1.807, 2.05) is 0 Å². The molecule has 1 saturated heterocycles. The second-order valence-electron chi connectivity index (χ2n) is 4.05. The molecule has 0 saturated carbocycles. The van der Waals surface area contributed by atoms with Gasteiger partial charge < -0.3 is 20.8 Å². The lowest BCUT2D eigenvalue weighted by atomic mass is 10.2. The van der Waals surface area contributed by atoms with E-state index in [1.54, 1.807) is 11.4 Å². The van der Waals surface area contributed by atoms with Gasteiger partial charge in [0.1, 0.15) is 0 Å². The Morgan fingerprint density at radius 3 is 2.78 bits per heavy atom. The molecule has 18 heavy (non-hydrogen) atoms. The number of hydrogen-bond acceptors (Lipinski definition) is 5. The number of aliphatic hydroxyl groups is 2. The van der Waals surface area contributed by atoms with E-state index in [1.165, 1.54) is 16.2 Å². The zero-order valence-corrected chi connectivity index (χ0v) is 10.5. The lowest BCUT2D eigenvalue weighted by Gasteiger charge is -2.13. The fraction of sp³-hybridized carbons (Fsp3) is 0.417. The van der Waals surface area contributed by atoms with Gasteiger partial charge in [-0.3, -0.25) is 4.79 Å². The monoisotopic (exact) mass is 266 g/mol. The van der Waals surface area contributed by atoms with Crippen LogP contribution in [0.5, 0.6) is 0 Å². The van der Waals surface area contributed by atoms with Crippen LogP contribution in [0.15, 0.2) is 11.4 Å². The molecular weight excluding hydrogens is 252 g/mol. The van der Waals surface area contributed by atoms with E-state index >= 15 is 0 Å². The molecule has 2 unspecified atom stereocenters. The summed E-state index contributed by atoms with van der Waals surface area (Å²) in [6.07, 6.45) is -1.71. The number of hydrogen-bond donors (Lipinski definition) is 3. The SMILES string of the molecule is NCC#Cc1cc(C(=O)N2CC(O)C(O)C2)cs1. The first kappa shape index (κ1) is 13.1. The summed E-state index contributed by atoms with van der Waals surface area (Å²) < 4.78 is 0. The number of β-amino-alcohol motifs (C(OH)–C–C–N with tert-alkyl or cyclic N) is 2. The Kier molecular flexibility index (Phi) is 3.99. The molecule has 96 valence electrons. The molecule has 4 N–H and O–H groups in total. The maximum Gasteiger partial charge on any atom is 0.254 e. The zero-order chi connectivity index (χ0) is 13.1. The number of carbonyl (C=O) groups excluding carboxylic acids is 1. The molecule has 2 heterocycles. The molecule has 1 fully saturated rings. The predicted molar refractivity (Wildman–Crippen MR) is 68.2 cm³/mol. The van der Waals surface area contributed by atoms with Crippen molar-refractivity contribution in [3.8, 4) is 11.8 Å². The topological polar surface area (TPSA) is 86.8 Å². The molecular formula is C12H14N2O3S. The van der Waals surface area contributed by atoms with Crippen LogP contribution in [0.4, 0.5) is 0 Å². The van der Waals surface area contributed by atoms with Crippen molar-refractivity contribution < 1.29 is 15.0 Å². The number of likely N-dealkylation sites (tertiary alicyclic amines) is 1. The Balaban J connectivity index is 2.08. The van der Waals surface area contributed by atoms with Gasteiger partial charge in [-0.25, -0.2) is 0 Å². The summed E-state index contributed by atoms with van der Waals surface area (Å²) in [6.45, 7) is 0.616. The largest absolute Gasteiger partial charge is 0.388 e. The molecule has 0 spiro atoms. The van der Waals surface area contributed by atoms with Crippen LogP contribution in [0.2, 0.25) is 0 Å². The van der Waals surface area contributed by atoms with Crippen molar-refractivity contribution in [2.24, 2.45) is 5.73 Å². The van der Waals surface area contributed by atoms with Crippen LogP contribution < -0.4 is 5.73 Å². The van der Waals surface area contributed by atoms with E-state index in [2.05, 4.69) is 11.8 Å². The third-order valence-corrected chi connectivity index (χ3v) is 3.55. The second kappa shape index (κ2) is 5.50. The fourth-order valence-electron chi connectivity index (χ4n) is 1.77. The molecule has 0 aromatic carbocycles. The minimum Gasteiger partial charge on any atom is -0.388 e. The number of amides is 1. The zero-order valence-electron chi connectivity index (χ0n) is 9.67. The Hall–Kier alpha value is -1.39. The highest BCUT2D eigenvalue weighted by atomic mass is 32.1. The number of carbonyl (C=O) groups is 1. The normalized spacial score (nSPS) is 22.7. The van der Waals surface area contributed by atoms with E-state index in [4.69, 9.17) is 5.73 Å². The van der Waals surface area contributed by atoms with Crippen molar-refractivity contribution in [2.45, 2.75) is 12.2 Å². The average molecular weight is 266 g/mol. The molecule has 0 bridgehead atoms. The van der Waals surface area contributed by atoms with Crippen molar-refractivity contribution in [3.05, 3.63) is 21.9 Å². The van der Waals surface area contributed by atoms with Gasteiger partial charge in [-0.05, 0) is 6.07 Å². The lowest BCUT2D eigenvalue weighted by molar-refractivity contribution is 0.0572. The lowest BCUT2D eigenvalue weighted by Crippen LogP contribution is -2.29. The van der Waals surface area contributed by atoms with Crippen molar-refractivity contribution >= 4 is 17.2 Å². The standard InChI is InChI=1S/C12H14N2O3S/c13-3-1-2-9-4-8(7-18-9)12(17)14-5-10(15)11(16)6-14/h4,7,10-11,15-16H,3,5-6,13H2. The Labute approximate surface area is 109 Å². The van der Waals surface area contributed by atoms with E-state index in [0.29, 0.717) is 5.56 Å². The molecule has 1 aromatic rings. The van der Waals surface area contributed by atoms with Crippen LogP contribution >= 0.6 is 11.3 Å². The smallest absolute Gasteiger partial charge is 0.254 e. The van der Waals surface area contributed by atoms with Crippen molar-refractivity contribution in [1.82, 2.24) is 4.90 Å². The van der Waals surface area contributed by atoms with E-state index in [0.717, 1.165) is 4.88 Å². The first-order chi connectivity index (χ1) is 8.61. The maximum absolute atomic E-state index is 12.1. The van der Waals surface area contributed by atoms with Crippen molar-refractivity contribution in [3.63, 3.8) is 0 Å². The first-order valence-electron chi connectivity index (χ1n) is 5.54. The number of nitrogens with zero attached hydrogens (tertiary/aromatic N) is 1. The Morgan fingerprint density at radius 2 is 2.17 bits per heavy atom. The van der Waals surface area contributed by atoms with Crippen molar-refractivity contribution in [2.75, 3.05) is 19.6 Å². The van der Waals surface area contributed by atoms with Gasteiger partial charge in [-0.15, -0.1) is 11.3 Å². The molecule has 1 amide bonds. The number of rotatable bonds is 1. The highest BCUT2D eigenvalue weighted by Gasteiger charge is 2.33. The summed E-state index contributed by atoms with van der Waals surface area (Å²) in [5.41, 5.74) is 5.80. The second-order valence-corrected chi connectivity index (χ2v) is 4.96. The van der Waals surface area contributed by atoms with Crippen LogP contribution in [0.1, 0.15) is 15.2 Å².